The van der Waals surface area contributed by atoms with Crippen LogP contribution < -0.4 is 5.73 Å². The molecule has 0 aromatic carbocycles. The summed E-state index contributed by atoms with van der Waals surface area (Å²) in [6.07, 6.45) is 6.63. The minimum atomic E-state index is 0.265. The van der Waals surface area contributed by atoms with Gasteiger partial charge in [0.15, 0.2) is 0 Å². The Morgan fingerprint density at radius 1 is 1.50 bits per heavy atom. The van der Waals surface area contributed by atoms with Crippen molar-refractivity contribution in [2.45, 2.75) is 38.1 Å². The maximum absolute atomic E-state index is 11.7. The lowest BCUT2D eigenvalue weighted by molar-refractivity contribution is -0.131. The minimum absolute atomic E-state index is 0.265. The normalized spacial score (nSPS) is 15.2. The standard InChI is InChI=1S/C11H20N2O/c1-2-9-13(10-6-7-10)11(14)5-3-4-8-12/h2,10H,1,3-9,12H2. The SMILES string of the molecule is C=CCN(C(=O)CCCCN)C1CC1. The summed E-state index contributed by atoms with van der Waals surface area (Å²) < 4.78 is 0. The Bertz CT molecular complexity index is 199. The highest BCUT2D eigenvalue weighted by molar-refractivity contribution is 5.77. The first-order chi connectivity index (χ1) is 6.79. The van der Waals surface area contributed by atoms with E-state index < -0.39 is 0 Å². The Labute approximate surface area is 86.0 Å². The van der Waals surface area contributed by atoms with Gasteiger partial charge >= 0.3 is 0 Å². The Morgan fingerprint density at radius 2 is 2.21 bits per heavy atom. The number of carbonyl (C=O) groups excluding carboxylic acids is 1. The van der Waals surface area contributed by atoms with Gasteiger partial charge in [-0.05, 0) is 32.2 Å². The third-order valence-corrected chi connectivity index (χ3v) is 2.48. The number of nitrogens with two attached hydrogens (primary N) is 1. The topological polar surface area (TPSA) is 46.3 Å². The van der Waals surface area contributed by atoms with Gasteiger partial charge in [-0.25, -0.2) is 0 Å². The van der Waals surface area contributed by atoms with Gasteiger partial charge in [0.25, 0.3) is 0 Å². The Hall–Kier alpha value is -0.830. The van der Waals surface area contributed by atoms with Crippen LogP contribution in [0.25, 0.3) is 0 Å². The van der Waals surface area contributed by atoms with E-state index in [1.54, 1.807) is 6.08 Å². The number of amides is 1. The van der Waals surface area contributed by atoms with Crippen molar-refractivity contribution < 1.29 is 4.79 Å². The van der Waals surface area contributed by atoms with Gasteiger partial charge in [0, 0.05) is 19.0 Å². The molecule has 2 N–H and O–H groups in total. The average molecular weight is 196 g/mol. The molecule has 3 nitrogen and oxygen atoms in total. The third kappa shape index (κ3) is 3.50. The van der Waals surface area contributed by atoms with Crippen molar-refractivity contribution in [1.29, 1.82) is 0 Å². The molecule has 3 heteroatoms. The van der Waals surface area contributed by atoms with Crippen LogP contribution in [-0.4, -0.2) is 29.9 Å². The van der Waals surface area contributed by atoms with Crippen LogP contribution in [0.15, 0.2) is 12.7 Å². The van der Waals surface area contributed by atoms with Crippen LogP contribution in [0.3, 0.4) is 0 Å². The molecule has 0 aliphatic heterocycles. The molecule has 1 amide bonds. The molecule has 1 saturated carbocycles. The van der Waals surface area contributed by atoms with E-state index in [9.17, 15) is 4.79 Å². The molecule has 0 saturated heterocycles. The second kappa shape index (κ2) is 5.81. The fourth-order valence-corrected chi connectivity index (χ4v) is 1.54. The molecule has 0 atom stereocenters. The Morgan fingerprint density at radius 3 is 2.71 bits per heavy atom. The molecular formula is C11H20N2O. The van der Waals surface area contributed by atoms with E-state index in [1.165, 1.54) is 0 Å². The number of carbonyl (C=O) groups is 1. The molecule has 1 aliphatic carbocycles. The molecule has 0 aromatic rings. The number of nitrogens with zero attached hydrogens (tertiary/aromatic N) is 1. The van der Waals surface area contributed by atoms with Crippen molar-refractivity contribution >= 4 is 5.91 Å². The van der Waals surface area contributed by atoms with E-state index in [4.69, 9.17) is 5.73 Å². The zero-order chi connectivity index (χ0) is 10.4. The molecule has 14 heavy (non-hydrogen) atoms. The van der Waals surface area contributed by atoms with Crippen molar-refractivity contribution in [3.8, 4) is 0 Å². The van der Waals surface area contributed by atoms with E-state index in [0.717, 1.165) is 25.7 Å². The van der Waals surface area contributed by atoms with Gasteiger partial charge in [-0.15, -0.1) is 6.58 Å². The summed E-state index contributed by atoms with van der Waals surface area (Å²) in [6.45, 7) is 5.05. The summed E-state index contributed by atoms with van der Waals surface area (Å²) >= 11 is 0. The average Bonchev–Trinajstić information content (AvgIpc) is 2.98. The zero-order valence-corrected chi connectivity index (χ0v) is 8.74. The molecule has 0 spiro atoms. The monoisotopic (exact) mass is 196 g/mol. The fourth-order valence-electron chi connectivity index (χ4n) is 1.54. The van der Waals surface area contributed by atoms with Crippen molar-refractivity contribution in [3.63, 3.8) is 0 Å². The van der Waals surface area contributed by atoms with Crippen LogP contribution >= 0.6 is 0 Å². The summed E-state index contributed by atoms with van der Waals surface area (Å²) in [7, 11) is 0. The summed E-state index contributed by atoms with van der Waals surface area (Å²) in [5.41, 5.74) is 5.38. The number of hydrogen-bond acceptors (Lipinski definition) is 2. The lowest BCUT2D eigenvalue weighted by Gasteiger charge is -2.20. The highest BCUT2D eigenvalue weighted by Crippen LogP contribution is 2.27. The van der Waals surface area contributed by atoms with E-state index in [2.05, 4.69) is 6.58 Å². The lowest BCUT2D eigenvalue weighted by Crippen LogP contribution is -2.33. The summed E-state index contributed by atoms with van der Waals surface area (Å²) in [5.74, 6) is 0.265. The van der Waals surface area contributed by atoms with Gasteiger partial charge in [-0.2, -0.15) is 0 Å². The minimum Gasteiger partial charge on any atom is -0.336 e. The molecule has 80 valence electrons. The van der Waals surface area contributed by atoms with E-state index in [1.807, 2.05) is 4.90 Å². The van der Waals surface area contributed by atoms with Crippen molar-refractivity contribution in [1.82, 2.24) is 4.90 Å². The lowest BCUT2D eigenvalue weighted by atomic mass is 10.2. The molecule has 0 unspecified atom stereocenters. The largest absolute Gasteiger partial charge is 0.336 e. The molecule has 0 radical (unpaired) electrons. The van der Waals surface area contributed by atoms with Crippen LogP contribution in [0, 0.1) is 0 Å². The number of rotatable bonds is 7. The van der Waals surface area contributed by atoms with Crippen LogP contribution in [0.1, 0.15) is 32.1 Å². The van der Waals surface area contributed by atoms with Gasteiger partial charge in [-0.3, -0.25) is 4.79 Å². The number of hydrogen-bond donors (Lipinski definition) is 1. The first-order valence-electron chi connectivity index (χ1n) is 5.40. The van der Waals surface area contributed by atoms with Gasteiger partial charge < -0.3 is 10.6 Å². The highest BCUT2D eigenvalue weighted by atomic mass is 16.2. The van der Waals surface area contributed by atoms with E-state index >= 15 is 0 Å². The van der Waals surface area contributed by atoms with Crippen LogP contribution in [-0.2, 0) is 4.79 Å². The van der Waals surface area contributed by atoms with Gasteiger partial charge in [0.05, 0.1) is 0 Å². The Balaban J connectivity index is 2.26. The molecule has 0 aromatic heterocycles. The smallest absolute Gasteiger partial charge is 0.223 e. The third-order valence-electron chi connectivity index (χ3n) is 2.48. The Kier molecular flexibility index (Phi) is 4.66. The van der Waals surface area contributed by atoms with Crippen molar-refractivity contribution in [2.24, 2.45) is 5.73 Å². The van der Waals surface area contributed by atoms with Crippen LogP contribution in [0.5, 0.6) is 0 Å². The second-order valence-corrected chi connectivity index (χ2v) is 3.81. The van der Waals surface area contributed by atoms with Gasteiger partial charge in [-0.1, -0.05) is 6.08 Å². The quantitative estimate of drug-likeness (QED) is 0.492. The first kappa shape index (κ1) is 11.2. The highest BCUT2D eigenvalue weighted by Gasteiger charge is 2.30. The fraction of sp³-hybridized carbons (Fsp3) is 0.727. The summed E-state index contributed by atoms with van der Waals surface area (Å²) in [6, 6.07) is 0.498. The molecule has 1 aliphatic rings. The molecule has 1 rings (SSSR count). The van der Waals surface area contributed by atoms with E-state index in [0.29, 0.717) is 25.6 Å². The predicted molar refractivity (Wildman–Crippen MR) is 57.8 cm³/mol. The summed E-state index contributed by atoms with van der Waals surface area (Å²) in [5, 5.41) is 0. The molecule has 1 fully saturated rings. The van der Waals surface area contributed by atoms with Crippen LogP contribution in [0.2, 0.25) is 0 Å². The zero-order valence-electron chi connectivity index (χ0n) is 8.74. The molecule has 0 heterocycles. The summed E-state index contributed by atoms with van der Waals surface area (Å²) in [4.78, 5) is 13.7. The number of unbranched alkanes of at least 4 members (excludes halogenated alkanes) is 1. The van der Waals surface area contributed by atoms with Gasteiger partial charge in [0.1, 0.15) is 0 Å². The van der Waals surface area contributed by atoms with Crippen molar-refractivity contribution in [2.75, 3.05) is 13.1 Å². The van der Waals surface area contributed by atoms with Gasteiger partial charge in [0.2, 0.25) is 5.91 Å². The first-order valence-corrected chi connectivity index (χ1v) is 5.40. The van der Waals surface area contributed by atoms with E-state index in [-0.39, 0.29) is 5.91 Å². The van der Waals surface area contributed by atoms with Crippen molar-refractivity contribution in [3.05, 3.63) is 12.7 Å². The maximum Gasteiger partial charge on any atom is 0.223 e. The molecule has 0 bridgehead atoms. The van der Waals surface area contributed by atoms with Crippen LogP contribution in [0.4, 0.5) is 0 Å². The molecular weight excluding hydrogens is 176 g/mol. The predicted octanol–water partition coefficient (Wildman–Crippen LogP) is 1.29. The maximum atomic E-state index is 11.7. The second-order valence-electron chi connectivity index (χ2n) is 3.81.